The molecular weight excluding hydrogens is 244 g/mol. The van der Waals surface area contributed by atoms with E-state index in [4.69, 9.17) is 0 Å². The SMILES string of the molecule is CC(C)(C)N=CN(Cc1ccccc1)c1ccccc1. The van der Waals surface area contributed by atoms with Crippen LogP contribution in [-0.4, -0.2) is 11.9 Å². The fourth-order valence-corrected chi connectivity index (χ4v) is 1.84. The first-order chi connectivity index (χ1) is 9.54. The Hall–Kier alpha value is -2.09. The van der Waals surface area contributed by atoms with Crippen molar-refractivity contribution in [1.82, 2.24) is 0 Å². The summed E-state index contributed by atoms with van der Waals surface area (Å²) in [6.07, 6.45) is 1.95. The van der Waals surface area contributed by atoms with E-state index in [2.05, 4.69) is 79.2 Å². The van der Waals surface area contributed by atoms with E-state index in [1.165, 1.54) is 5.56 Å². The van der Waals surface area contributed by atoms with E-state index in [1.54, 1.807) is 0 Å². The van der Waals surface area contributed by atoms with Crippen molar-refractivity contribution in [2.24, 2.45) is 4.99 Å². The number of hydrogen-bond donors (Lipinski definition) is 0. The molecule has 104 valence electrons. The molecule has 0 aliphatic heterocycles. The van der Waals surface area contributed by atoms with Crippen molar-refractivity contribution in [3.8, 4) is 0 Å². The quantitative estimate of drug-likeness (QED) is 0.587. The maximum absolute atomic E-state index is 4.63. The van der Waals surface area contributed by atoms with Gasteiger partial charge in [0.15, 0.2) is 0 Å². The van der Waals surface area contributed by atoms with Gasteiger partial charge in [0.25, 0.3) is 0 Å². The van der Waals surface area contributed by atoms with Crippen LogP contribution in [0.2, 0.25) is 0 Å². The third-order valence-electron chi connectivity index (χ3n) is 2.87. The monoisotopic (exact) mass is 266 g/mol. The van der Waals surface area contributed by atoms with Gasteiger partial charge in [-0.15, -0.1) is 0 Å². The van der Waals surface area contributed by atoms with E-state index in [9.17, 15) is 0 Å². The van der Waals surface area contributed by atoms with Gasteiger partial charge in [-0.3, -0.25) is 4.99 Å². The van der Waals surface area contributed by atoms with Crippen LogP contribution in [0.5, 0.6) is 0 Å². The third kappa shape index (κ3) is 4.54. The Morgan fingerprint density at radius 1 is 0.900 bits per heavy atom. The first kappa shape index (κ1) is 14.3. The summed E-state index contributed by atoms with van der Waals surface area (Å²) in [5, 5.41) is 0. The molecule has 20 heavy (non-hydrogen) atoms. The van der Waals surface area contributed by atoms with Crippen molar-refractivity contribution in [3.63, 3.8) is 0 Å². The van der Waals surface area contributed by atoms with Gasteiger partial charge in [-0.2, -0.15) is 0 Å². The Balaban J connectivity index is 2.23. The first-order valence-electron chi connectivity index (χ1n) is 6.95. The van der Waals surface area contributed by atoms with Crippen molar-refractivity contribution in [2.75, 3.05) is 4.90 Å². The number of para-hydroxylation sites is 1. The van der Waals surface area contributed by atoms with Crippen molar-refractivity contribution >= 4 is 12.0 Å². The molecule has 2 aromatic rings. The molecule has 0 N–H and O–H groups in total. The number of aliphatic imine (C=N–C) groups is 1. The van der Waals surface area contributed by atoms with Crippen molar-refractivity contribution in [2.45, 2.75) is 32.9 Å². The minimum absolute atomic E-state index is 0.0658. The highest BCUT2D eigenvalue weighted by molar-refractivity contribution is 5.79. The average molecular weight is 266 g/mol. The Morgan fingerprint density at radius 3 is 2.00 bits per heavy atom. The minimum Gasteiger partial charge on any atom is -0.328 e. The highest BCUT2D eigenvalue weighted by Gasteiger charge is 2.09. The normalized spacial score (nSPS) is 11.8. The second kappa shape index (κ2) is 6.38. The van der Waals surface area contributed by atoms with Crippen molar-refractivity contribution in [3.05, 3.63) is 66.2 Å². The van der Waals surface area contributed by atoms with Crippen LogP contribution < -0.4 is 4.90 Å². The number of rotatable bonds is 4. The van der Waals surface area contributed by atoms with E-state index >= 15 is 0 Å². The highest BCUT2D eigenvalue weighted by atomic mass is 15.2. The predicted octanol–water partition coefficient (Wildman–Crippen LogP) is 4.52. The van der Waals surface area contributed by atoms with Crippen LogP contribution in [0.1, 0.15) is 26.3 Å². The Kier molecular flexibility index (Phi) is 4.57. The molecule has 0 heterocycles. The summed E-state index contributed by atoms with van der Waals surface area (Å²) in [6, 6.07) is 20.8. The van der Waals surface area contributed by atoms with E-state index in [0.717, 1.165) is 12.2 Å². The van der Waals surface area contributed by atoms with Crippen molar-refractivity contribution < 1.29 is 0 Å². The lowest BCUT2D eigenvalue weighted by Gasteiger charge is -2.22. The summed E-state index contributed by atoms with van der Waals surface area (Å²) in [5.74, 6) is 0. The van der Waals surface area contributed by atoms with E-state index in [1.807, 2.05) is 18.5 Å². The van der Waals surface area contributed by atoms with Crippen LogP contribution >= 0.6 is 0 Å². The van der Waals surface area contributed by atoms with Crippen LogP contribution in [0.4, 0.5) is 5.69 Å². The number of anilines is 1. The van der Waals surface area contributed by atoms with Crippen LogP contribution in [0, 0.1) is 0 Å². The first-order valence-corrected chi connectivity index (χ1v) is 6.95. The molecule has 2 nitrogen and oxygen atoms in total. The second-order valence-corrected chi connectivity index (χ2v) is 5.86. The molecule has 0 spiro atoms. The molecule has 0 atom stereocenters. The maximum atomic E-state index is 4.63. The molecule has 0 bridgehead atoms. The molecule has 0 aromatic heterocycles. The van der Waals surface area contributed by atoms with Crippen molar-refractivity contribution in [1.29, 1.82) is 0 Å². The number of nitrogens with zero attached hydrogens (tertiary/aromatic N) is 2. The standard InChI is InChI=1S/C18H22N2/c1-18(2,3)19-15-20(17-12-8-5-9-13-17)14-16-10-6-4-7-11-16/h4-13,15H,14H2,1-3H3. The molecular formula is C18H22N2. The lowest BCUT2D eigenvalue weighted by atomic mass is 10.1. The van der Waals surface area contributed by atoms with Crippen LogP contribution in [0.25, 0.3) is 0 Å². The molecule has 0 saturated carbocycles. The Labute approximate surface area is 121 Å². The molecule has 2 aromatic carbocycles. The predicted molar refractivity (Wildman–Crippen MR) is 87.3 cm³/mol. The summed E-state index contributed by atoms with van der Waals surface area (Å²) in [6.45, 7) is 7.14. The number of hydrogen-bond acceptors (Lipinski definition) is 1. The summed E-state index contributed by atoms with van der Waals surface area (Å²) in [5.41, 5.74) is 2.37. The molecule has 0 radical (unpaired) electrons. The lowest BCUT2D eigenvalue weighted by molar-refractivity contribution is 0.584. The van der Waals surface area contributed by atoms with Gasteiger partial charge in [-0.1, -0.05) is 48.5 Å². The van der Waals surface area contributed by atoms with Gasteiger partial charge in [-0.25, -0.2) is 0 Å². The smallest absolute Gasteiger partial charge is 0.0904 e. The molecule has 0 aliphatic carbocycles. The minimum atomic E-state index is -0.0658. The van der Waals surface area contributed by atoms with Gasteiger partial charge in [0.2, 0.25) is 0 Å². The molecule has 0 fully saturated rings. The van der Waals surface area contributed by atoms with Crippen LogP contribution in [-0.2, 0) is 6.54 Å². The molecule has 0 saturated heterocycles. The van der Waals surface area contributed by atoms with E-state index in [-0.39, 0.29) is 5.54 Å². The summed E-state index contributed by atoms with van der Waals surface area (Å²) in [4.78, 5) is 6.81. The van der Waals surface area contributed by atoms with Gasteiger partial charge in [0.05, 0.1) is 11.9 Å². The lowest BCUT2D eigenvalue weighted by Crippen LogP contribution is -2.23. The third-order valence-corrected chi connectivity index (χ3v) is 2.87. The zero-order chi connectivity index (χ0) is 14.4. The van der Waals surface area contributed by atoms with Gasteiger partial charge in [0.1, 0.15) is 0 Å². The second-order valence-electron chi connectivity index (χ2n) is 5.86. The van der Waals surface area contributed by atoms with Gasteiger partial charge in [0, 0.05) is 12.2 Å². The molecule has 2 heteroatoms. The van der Waals surface area contributed by atoms with Gasteiger partial charge >= 0.3 is 0 Å². The van der Waals surface area contributed by atoms with E-state index in [0.29, 0.717) is 0 Å². The average Bonchev–Trinajstić information content (AvgIpc) is 2.44. The molecule has 0 aliphatic rings. The van der Waals surface area contributed by atoms with E-state index < -0.39 is 0 Å². The van der Waals surface area contributed by atoms with Gasteiger partial charge in [-0.05, 0) is 38.5 Å². The Morgan fingerprint density at radius 2 is 1.45 bits per heavy atom. The largest absolute Gasteiger partial charge is 0.328 e. The Bertz CT molecular complexity index is 539. The maximum Gasteiger partial charge on any atom is 0.0904 e. The zero-order valence-electron chi connectivity index (χ0n) is 12.5. The summed E-state index contributed by atoms with van der Waals surface area (Å²) >= 11 is 0. The van der Waals surface area contributed by atoms with Crippen LogP contribution in [0.3, 0.4) is 0 Å². The molecule has 0 unspecified atom stereocenters. The topological polar surface area (TPSA) is 15.6 Å². The fraction of sp³-hybridized carbons (Fsp3) is 0.278. The zero-order valence-corrected chi connectivity index (χ0v) is 12.5. The summed E-state index contributed by atoms with van der Waals surface area (Å²) in [7, 11) is 0. The molecule has 2 rings (SSSR count). The molecule has 0 amide bonds. The highest BCUT2D eigenvalue weighted by Crippen LogP contribution is 2.16. The van der Waals surface area contributed by atoms with Gasteiger partial charge < -0.3 is 4.90 Å². The van der Waals surface area contributed by atoms with Crippen LogP contribution in [0.15, 0.2) is 65.7 Å². The summed E-state index contributed by atoms with van der Waals surface area (Å²) < 4.78 is 0. The number of benzene rings is 2. The fourth-order valence-electron chi connectivity index (χ4n) is 1.84.